The maximum atomic E-state index is 12.7. The molecule has 0 spiro atoms. The molecule has 0 aromatic heterocycles. The first-order valence-corrected chi connectivity index (χ1v) is 9.55. The zero-order valence-corrected chi connectivity index (χ0v) is 17.9. The van der Waals surface area contributed by atoms with Crippen LogP contribution in [0.25, 0.3) is 0 Å². The lowest BCUT2D eigenvalue weighted by Gasteiger charge is -2.35. The molecule has 0 N–H and O–H groups in total. The molecule has 2 aliphatic rings. The quantitative estimate of drug-likeness (QED) is 0.675. The van der Waals surface area contributed by atoms with Gasteiger partial charge in [0.15, 0.2) is 16.7 Å². The molecule has 0 amide bonds. The zero-order chi connectivity index (χ0) is 21.3. The number of aliphatic imine (C=N–C) groups is 1. The van der Waals surface area contributed by atoms with Crippen LogP contribution in [-0.2, 0) is 19.1 Å². The van der Waals surface area contributed by atoms with Crippen LogP contribution in [0.3, 0.4) is 0 Å². The van der Waals surface area contributed by atoms with E-state index in [0.717, 1.165) is 5.56 Å². The van der Waals surface area contributed by atoms with E-state index in [-0.39, 0.29) is 0 Å². The second-order valence-electron chi connectivity index (χ2n) is 6.28. The number of carbonyl (C=O) groups is 2. The van der Waals surface area contributed by atoms with Gasteiger partial charge in [0.1, 0.15) is 4.91 Å². The Balaban J connectivity index is 2.21. The third-order valence-corrected chi connectivity index (χ3v) is 5.91. The molecule has 2 aliphatic heterocycles. The molecule has 0 saturated heterocycles. The molecule has 0 fully saturated rings. The fourth-order valence-corrected chi connectivity index (χ4v) is 4.49. The number of ether oxygens (including phenoxy) is 4. The fourth-order valence-electron chi connectivity index (χ4n) is 3.37. The summed E-state index contributed by atoms with van der Waals surface area (Å²) in [6, 6.07) is 4.87. The van der Waals surface area contributed by atoms with Crippen LogP contribution in [-0.4, -0.2) is 50.4 Å². The summed E-state index contributed by atoms with van der Waals surface area (Å²) in [6.45, 7) is 3.54. The minimum Gasteiger partial charge on any atom is -0.493 e. The molecular formula is C20H22N2O6S. The molecule has 2 heterocycles. The van der Waals surface area contributed by atoms with E-state index in [0.29, 0.717) is 38.5 Å². The molecule has 0 radical (unpaired) electrons. The largest absolute Gasteiger partial charge is 0.493 e. The van der Waals surface area contributed by atoms with Gasteiger partial charge in [-0.1, -0.05) is 6.07 Å². The molecule has 29 heavy (non-hydrogen) atoms. The summed E-state index contributed by atoms with van der Waals surface area (Å²) in [7, 11) is 5.76. The van der Waals surface area contributed by atoms with E-state index in [4.69, 9.17) is 18.9 Å². The third kappa shape index (κ3) is 3.46. The Kier molecular flexibility index (Phi) is 5.88. The van der Waals surface area contributed by atoms with Crippen molar-refractivity contribution in [3.8, 4) is 11.5 Å². The monoisotopic (exact) mass is 418 g/mol. The van der Waals surface area contributed by atoms with Crippen molar-refractivity contribution in [1.82, 2.24) is 4.90 Å². The summed E-state index contributed by atoms with van der Waals surface area (Å²) >= 11 is 1.22. The van der Waals surface area contributed by atoms with E-state index in [1.54, 1.807) is 40.2 Å². The second kappa shape index (κ2) is 8.20. The number of benzene rings is 1. The van der Waals surface area contributed by atoms with Gasteiger partial charge in [0.05, 0.1) is 45.8 Å². The molecule has 8 nitrogen and oxygen atoms in total. The summed E-state index contributed by atoms with van der Waals surface area (Å²) in [5.41, 5.74) is 2.32. The molecule has 0 bridgehead atoms. The van der Waals surface area contributed by atoms with Gasteiger partial charge in [-0.2, -0.15) is 0 Å². The van der Waals surface area contributed by atoms with Crippen LogP contribution in [0, 0.1) is 0 Å². The van der Waals surface area contributed by atoms with Gasteiger partial charge in [0, 0.05) is 5.70 Å². The summed E-state index contributed by atoms with van der Waals surface area (Å²) < 4.78 is 20.7. The predicted molar refractivity (Wildman–Crippen MR) is 109 cm³/mol. The van der Waals surface area contributed by atoms with Gasteiger partial charge in [-0.3, -0.25) is 0 Å². The first-order chi connectivity index (χ1) is 13.9. The molecule has 1 aromatic rings. The van der Waals surface area contributed by atoms with E-state index >= 15 is 0 Å². The first kappa shape index (κ1) is 20.8. The van der Waals surface area contributed by atoms with Gasteiger partial charge < -0.3 is 23.8 Å². The molecule has 1 aromatic carbocycles. The maximum Gasteiger partial charge on any atom is 0.346 e. The summed E-state index contributed by atoms with van der Waals surface area (Å²) in [4.78, 5) is 31.7. The highest BCUT2D eigenvalue weighted by atomic mass is 32.2. The van der Waals surface area contributed by atoms with Crippen LogP contribution >= 0.6 is 11.8 Å². The lowest BCUT2D eigenvalue weighted by atomic mass is 9.93. The predicted octanol–water partition coefficient (Wildman–Crippen LogP) is 3.01. The van der Waals surface area contributed by atoms with Crippen LogP contribution in [0.1, 0.15) is 25.5 Å². The first-order valence-electron chi connectivity index (χ1n) is 8.73. The Labute approximate surface area is 173 Å². The van der Waals surface area contributed by atoms with E-state index in [9.17, 15) is 9.59 Å². The van der Waals surface area contributed by atoms with Crippen molar-refractivity contribution in [3.05, 3.63) is 45.6 Å². The lowest BCUT2D eigenvalue weighted by molar-refractivity contribution is -0.137. The molecule has 1 atom stereocenters. The number of amidine groups is 1. The third-order valence-electron chi connectivity index (χ3n) is 4.77. The standard InChI is InChI=1S/C20H22N2O6S/c1-10-15(18(23)27-5)16(12-7-8-13(25-3)14(9-12)26-4)22-11(2)17(19(24)28-6)29-20(22)21-10/h7-9,16H,1-6H3/t16-/m0/s1. The number of esters is 2. The Morgan fingerprint density at radius 2 is 1.66 bits per heavy atom. The molecule has 9 heteroatoms. The number of carbonyl (C=O) groups excluding carboxylic acids is 2. The summed E-state index contributed by atoms with van der Waals surface area (Å²) in [5, 5.41) is 0.591. The number of thioether (sulfide) groups is 1. The average molecular weight is 418 g/mol. The SMILES string of the molecule is COC(=O)C1=C(C)N2C(=NC(C)=C(C(=O)OC)[C@@H]2c2ccc(OC)c(OC)c2)S1. The maximum absolute atomic E-state index is 12.7. The van der Waals surface area contributed by atoms with Gasteiger partial charge in [-0.05, 0) is 43.3 Å². The van der Waals surface area contributed by atoms with Crippen molar-refractivity contribution in [1.29, 1.82) is 0 Å². The number of fused-ring (bicyclic) bond motifs is 1. The van der Waals surface area contributed by atoms with Crippen LogP contribution < -0.4 is 9.47 Å². The van der Waals surface area contributed by atoms with Crippen molar-refractivity contribution in [2.75, 3.05) is 28.4 Å². The van der Waals surface area contributed by atoms with E-state index in [1.807, 2.05) is 11.0 Å². The fraction of sp³-hybridized carbons (Fsp3) is 0.350. The zero-order valence-electron chi connectivity index (χ0n) is 17.1. The minimum absolute atomic E-state index is 0.384. The number of allylic oxidation sites excluding steroid dienone is 2. The molecule has 0 unspecified atom stereocenters. The van der Waals surface area contributed by atoms with Crippen LogP contribution in [0.4, 0.5) is 0 Å². The van der Waals surface area contributed by atoms with E-state index < -0.39 is 18.0 Å². The molecule has 154 valence electrons. The highest BCUT2D eigenvalue weighted by molar-refractivity contribution is 8.18. The Morgan fingerprint density at radius 3 is 2.24 bits per heavy atom. The summed E-state index contributed by atoms with van der Waals surface area (Å²) in [5.74, 6) is 0.152. The smallest absolute Gasteiger partial charge is 0.346 e. The average Bonchev–Trinajstić information content (AvgIpc) is 3.06. The van der Waals surface area contributed by atoms with Gasteiger partial charge in [-0.25, -0.2) is 14.6 Å². The van der Waals surface area contributed by atoms with Gasteiger partial charge in [-0.15, -0.1) is 0 Å². The topological polar surface area (TPSA) is 86.7 Å². The number of hydrogen-bond donors (Lipinski definition) is 0. The molecule has 0 saturated carbocycles. The van der Waals surface area contributed by atoms with Gasteiger partial charge >= 0.3 is 11.9 Å². The Hall–Kier alpha value is -2.94. The van der Waals surface area contributed by atoms with E-state index in [1.165, 1.54) is 26.0 Å². The normalized spacial score (nSPS) is 18.3. The number of nitrogens with zero attached hydrogens (tertiary/aromatic N) is 2. The number of rotatable bonds is 5. The van der Waals surface area contributed by atoms with E-state index in [2.05, 4.69) is 4.99 Å². The van der Waals surface area contributed by atoms with Crippen molar-refractivity contribution >= 4 is 28.9 Å². The van der Waals surface area contributed by atoms with Crippen molar-refractivity contribution in [3.63, 3.8) is 0 Å². The van der Waals surface area contributed by atoms with Gasteiger partial charge in [0.25, 0.3) is 0 Å². The second-order valence-corrected chi connectivity index (χ2v) is 7.26. The van der Waals surface area contributed by atoms with Crippen LogP contribution in [0.2, 0.25) is 0 Å². The minimum atomic E-state index is -0.551. The highest BCUT2D eigenvalue weighted by Crippen LogP contribution is 2.48. The van der Waals surface area contributed by atoms with Crippen molar-refractivity contribution < 1.29 is 28.5 Å². The lowest BCUT2D eigenvalue weighted by Crippen LogP contribution is -2.36. The molecule has 3 rings (SSSR count). The Bertz CT molecular complexity index is 966. The molecule has 0 aliphatic carbocycles. The van der Waals surface area contributed by atoms with Crippen LogP contribution in [0.15, 0.2) is 45.1 Å². The number of methoxy groups -OCH3 is 4. The highest BCUT2D eigenvalue weighted by Gasteiger charge is 2.43. The Morgan fingerprint density at radius 1 is 1.00 bits per heavy atom. The van der Waals surface area contributed by atoms with Gasteiger partial charge in [0.2, 0.25) is 0 Å². The molecular weight excluding hydrogens is 396 g/mol. The number of hydrogen-bond acceptors (Lipinski definition) is 9. The summed E-state index contributed by atoms with van der Waals surface area (Å²) in [6.07, 6.45) is 0. The van der Waals surface area contributed by atoms with Crippen LogP contribution in [0.5, 0.6) is 11.5 Å². The van der Waals surface area contributed by atoms with Crippen molar-refractivity contribution in [2.24, 2.45) is 4.99 Å². The van der Waals surface area contributed by atoms with Crippen molar-refractivity contribution in [2.45, 2.75) is 19.9 Å².